The number of carbonyl (C=O) groups is 2. The number of hydrogen-bond donors (Lipinski definition) is 0. The molecule has 2 heterocycles. The molecular weight excluding hydrogens is 307 g/mol. The van der Waals surface area contributed by atoms with Crippen molar-refractivity contribution in [1.82, 2.24) is 9.80 Å². The van der Waals surface area contributed by atoms with Gasteiger partial charge in [0.15, 0.2) is 0 Å². The van der Waals surface area contributed by atoms with Gasteiger partial charge in [-0.2, -0.15) is 0 Å². The maximum absolute atomic E-state index is 13.0. The maximum Gasteiger partial charge on any atom is 0.253 e. The van der Waals surface area contributed by atoms with Crippen LogP contribution in [-0.4, -0.2) is 47.8 Å². The van der Waals surface area contributed by atoms with E-state index in [4.69, 9.17) is 0 Å². The Labute approximate surface area is 142 Å². The lowest BCUT2D eigenvalue weighted by Gasteiger charge is -2.37. The maximum atomic E-state index is 13.0. The molecule has 1 aromatic carbocycles. The lowest BCUT2D eigenvalue weighted by molar-refractivity contribution is -0.138. The van der Waals surface area contributed by atoms with Crippen LogP contribution in [0.4, 0.5) is 4.39 Å². The monoisotopic (exact) mass is 332 g/mol. The van der Waals surface area contributed by atoms with Crippen molar-refractivity contribution in [3.8, 4) is 0 Å². The number of rotatable bonds is 2. The molecule has 2 amide bonds. The van der Waals surface area contributed by atoms with Crippen LogP contribution in [0.15, 0.2) is 24.3 Å². The van der Waals surface area contributed by atoms with Gasteiger partial charge in [0.2, 0.25) is 5.91 Å². The van der Waals surface area contributed by atoms with Crippen LogP contribution < -0.4 is 0 Å². The van der Waals surface area contributed by atoms with Gasteiger partial charge in [-0.15, -0.1) is 0 Å². The third-order valence-corrected chi connectivity index (χ3v) is 5.24. The molecule has 1 aromatic rings. The van der Waals surface area contributed by atoms with Crippen LogP contribution in [0.3, 0.4) is 0 Å². The highest BCUT2D eigenvalue weighted by Gasteiger charge is 2.32. The Balaban J connectivity index is 1.62. The second-order valence-corrected chi connectivity index (χ2v) is 7.11. The molecule has 0 bridgehead atoms. The van der Waals surface area contributed by atoms with E-state index in [1.54, 1.807) is 4.90 Å². The number of nitrogens with zero attached hydrogens (tertiary/aromatic N) is 2. The summed E-state index contributed by atoms with van der Waals surface area (Å²) in [5.41, 5.74) is 0.483. The first-order chi connectivity index (χ1) is 11.5. The van der Waals surface area contributed by atoms with Crippen molar-refractivity contribution < 1.29 is 14.0 Å². The Kier molecular flexibility index (Phi) is 5.17. The van der Waals surface area contributed by atoms with E-state index in [0.717, 1.165) is 38.8 Å². The Hall–Kier alpha value is -1.91. The minimum atomic E-state index is -0.349. The highest BCUT2D eigenvalue weighted by atomic mass is 19.1. The fourth-order valence-electron chi connectivity index (χ4n) is 3.63. The first-order valence-electron chi connectivity index (χ1n) is 8.88. The van der Waals surface area contributed by atoms with Gasteiger partial charge in [-0.25, -0.2) is 4.39 Å². The van der Waals surface area contributed by atoms with E-state index in [0.29, 0.717) is 24.6 Å². The summed E-state index contributed by atoms with van der Waals surface area (Å²) in [7, 11) is 0. The van der Waals surface area contributed by atoms with E-state index in [2.05, 4.69) is 6.92 Å². The summed E-state index contributed by atoms with van der Waals surface area (Å²) < 4.78 is 13.0. The summed E-state index contributed by atoms with van der Waals surface area (Å²) in [5.74, 6) is 0.323. The van der Waals surface area contributed by atoms with Gasteiger partial charge in [-0.3, -0.25) is 9.59 Å². The first-order valence-corrected chi connectivity index (χ1v) is 8.88. The molecule has 2 saturated heterocycles. The molecule has 1 unspecified atom stereocenters. The largest absolute Gasteiger partial charge is 0.342 e. The third kappa shape index (κ3) is 3.77. The Morgan fingerprint density at radius 1 is 1.00 bits per heavy atom. The SMILES string of the molecule is CC1CCN(C(=O)C2CCCN(C(=O)c3ccc(F)cc3)C2)CC1. The van der Waals surface area contributed by atoms with Crippen molar-refractivity contribution in [2.75, 3.05) is 26.2 Å². The van der Waals surface area contributed by atoms with Gasteiger partial charge in [0.25, 0.3) is 5.91 Å². The fraction of sp³-hybridized carbons (Fsp3) is 0.579. The van der Waals surface area contributed by atoms with Crippen LogP contribution in [0.25, 0.3) is 0 Å². The van der Waals surface area contributed by atoms with Crippen molar-refractivity contribution in [2.45, 2.75) is 32.6 Å². The zero-order valence-corrected chi connectivity index (χ0v) is 14.2. The van der Waals surface area contributed by atoms with E-state index in [1.807, 2.05) is 4.90 Å². The lowest BCUT2D eigenvalue weighted by atomic mass is 9.93. The van der Waals surface area contributed by atoms with E-state index in [-0.39, 0.29) is 23.5 Å². The first kappa shape index (κ1) is 16.9. The predicted molar refractivity (Wildman–Crippen MR) is 90.0 cm³/mol. The second kappa shape index (κ2) is 7.32. The summed E-state index contributed by atoms with van der Waals surface area (Å²) in [6.07, 6.45) is 3.82. The van der Waals surface area contributed by atoms with E-state index in [1.165, 1.54) is 24.3 Å². The minimum absolute atomic E-state index is 0.100. The van der Waals surface area contributed by atoms with Crippen LogP contribution in [0.2, 0.25) is 0 Å². The van der Waals surface area contributed by atoms with Gasteiger partial charge in [0.05, 0.1) is 5.92 Å². The quantitative estimate of drug-likeness (QED) is 0.835. The molecule has 0 saturated carbocycles. The summed E-state index contributed by atoms with van der Waals surface area (Å²) in [6, 6.07) is 5.62. The van der Waals surface area contributed by atoms with Crippen molar-refractivity contribution >= 4 is 11.8 Å². The van der Waals surface area contributed by atoms with Gasteiger partial charge < -0.3 is 9.80 Å². The number of benzene rings is 1. The zero-order chi connectivity index (χ0) is 17.1. The molecule has 1 atom stereocenters. The average molecular weight is 332 g/mol. The summed E-state index contributed by atoms with van der Waals surface area (Å²) >= 11 is 0. The number of carbonyl (C=O) groups excluding carboxylic acids is 2. The number of likely N-dealkylation sites (tertiary alicyclic amines) is 2. The standard InChI is InChI=1S/C19H25FN2O2/c1-14-8-11-21(12-9-14)19(24)16-3-2-10-22(13-16)18(23)15-4-6-17(20)7-5-15/h4-7,14,16H,2-3,8-13H2,1H3. The van der Waals surface area contributed by atoms with E-state index >= 15 is 0 Å². The fourth-order valence-corrected chi connectivity index (χ4v) is 3.63. The molecule has 130 valence electrons. The Bertz CT molecular complexity index is 594. The van der Waals surface area contributed by atoms with Crippen molar-refractivity contribution in [2.24, 2.45) is 11.8 Å². The predicted octanol–water partition coefficient (Wildman–Crippen LogP) is 2.94. The highest BCUT2D eigenvalue weighted by Crippen LogP contribution is 2.24. The molecule has 2 aliphatic heterocycles. The molecule has 3 rings (SSSR count). The van der Waals surface area contributed by atoms with Gasteiger partial charge in [0, 0.05) is 31.7 Å². The Morgan fingerprint density at radius 2 is 1.67 bits per heavy atom. The van der Waals surface area contributed by atoms with Crippen LogP contribution in [0.1, 0.15) is 43.0 Å². The van der Waals surface area contributed by atoms with Crippen LogP contribution in [0, 0.1) is 17.7 Å². The number of hydrogen-bond acceptors (Lipinski definition) is 2. The van der Waals surface area contributed by atoms with Crippen molar-refractivity contribution in [3.05, 3.63) is 35.6 Å². The molecule has 4 nitrogen and oxygen atoms in total. The molecule has 5 heteroatoms. The lowest BCUT2D eigenvalue weighted by Crippen LogP contribution is -2.48. The molecule has 2 aliphatic rings. The van der Waals surface area contributed by atoms with Crippen LogP contribution in [-0.2, 0) is 4.79 Å². The molecule has 0 radical (unpaired) electrons. The van der Waals surface area contributed by atoms with Crippen LogP contribution >= 0.6 is 0 Å². The highest BCUT2D eigenvalue weighted by molar-refractivity contribution is 5.94. The zero-order valence-electron chi connectivity index (χ0n) is 14.2. The molecule has 0 N–H and O–H groups in total. The second-order valence-electron chi connectivity index (χ2n) is 7.11. The minimum Gasteiger partial charge on any atom is -0.342 e. The molecule has 0 aromatic heterocycles. The number of amides is 2. The molecular formula is C19H25FN2O2. The van der Waals surface area contributed by atoms with Crippen molar-refractivity contribution in [3.63, 3.8) is 0 Å². The summed E-state index contributed by atoms with van der Waals surface area (Å²) in [6.45, 7) is 5.04. The molecule has 24 heavy (non-hydrogen) atoms. The number of halogens is 1. The average Bonchev–Trinajstić information content (AvgIpc) is 2.62. The molecule has 0 aliphatic carbocycles. The molecule has 2 fully saturated rings. The normalized spacial score (nSPS) is 22.5. The smallest absolute Gasteiger partial charge is 0.253 e. The number of piperidine rings is 2. The van der Waals surface area contributed by atoms with E-state index in [9.17, 15) is 14.0 Å². The van der Waals surface area contributed by atoms with Gasteiger partial charge in [-0.1, -0.05) is 6.92 Å². The van der Waals surface area contributed by atoms with Gasteiger partial charge >= 0.3 is 0 Å². The summed E-state index contributed by atoms with van der Waals surface area (Å²) in [5, 5.41) is 0. The van der Waals surface area contributed by atoms with Gasteiger partial charge in [0.1, 0.15) is 5.82 Å². The van der Waals surface area contributed by atoms with Crippen LogP contribution in [0.5, 0.6) is 0 Å². The Morgan fingerprint density at radius 3 is 2.33 bits per heavy atom. The van der Waals surface area contributed by atoms with Crippen molar-refractivity contribution in [1.29, 1.82) is 0 Å². The van der Waals surface area contributed by atoms with Gasteiger partial charge in [-0.05, 0) is 55.9 Å². The third-order valence-electron chi connectivity index (χ3n) is 5.24. The topological polar surface area (TPSA) is 40.6 Å². The summed E-state index contributed by atoms with van der Waals surface area (Å²) in [4.78, 5) is 29.0. The van der Waals surface area contributed by atoms with E-state index < -0.39 is 0 Å². The molecule has 0 spiro atoms.